The second-order valence-electron chi connectivity index (χ2n) is 5.00. The van der Waals surface area contributed by atoms with Gasteiger partial charge in [-0.15, -0.1) is 0 Å². The fraction of sp³-hybridized carbons (Fsp3) is 0.235. The normalized spacial score (nSPS) is 12.2. The average Bonchev–Trinajstić information content (AvgIpc) is 3.06. The number of fused-ring (bicyclic) bond motifs is 1. The van der Waals surface area contributed by atoms with Crippen LogP contribution in [0.5, 0.6) is 0 Å². The third kappa shape index (κ3) is 3.54. The molecular formula is C17H17N3O3. The maximum absolute atomic E-state index is 12.3. The number of aromatic amines is 1. The van der Waals surface area contributed by atoms with Crippen molar-refractivity contribution in [2.75, 3.05) is 6.61 Å². The number of hydrogen-bond acceptors (Lipinski definition) is 5. The van der Waals surface area contributed by atoms with Crippen molar-refractivity contribution in [2.45, 2.75) is 19.6 Å². The summed E-state index contributed by atoms with van der Waals surface area (Å²) in [5.74, 6) is -0.404. The number of rotatable bonds is 6. The van der Waals surface area contributed by atoms with E-state index in [1.807, 2.05) is 55.5 Å². The van der Waals surface area contributed by atoms with E-state index in [1.165, 1.54) is 0 Å². The number of esters is 1. The Morgan fingerprint density at radius 3 is 2.70 bits per heavy atom. The molecule has 0 amide bonds. The van der Waals surface area contributed by atoms with Gasteiger partial charge in [-0.3, -0.25) is 0 Å². The number of benzene rings is 2. The van der Waals surface area contributed by atoms with Crippen molar-refractivity contribution in [1.29, 1.82) is 0 Å². The van der Waals surface area contributed by atoms with Crippen LogP contribution in [0.1, 0.15) is 24.2 Å². The first-order chi connectivity index (χ1) is 11.3. The molecule has 1 heterocycles. The third-order valence-corrected chi connectivity index (χ3v) is 3.41. The van der Waals surface area contributed by atoms with Crippen molar-refractivity contribution in [3.05, 3.63) is 59.7 Å². The molecule has 0 bridgehead atoms. The van der Waals surface area contributed by atoms with E-state index in [2.05, 4.69) is 15.4 Å². The number of ether oxygens (including phenoxy) is 2. The van der Waals surface area contributed by atoms with Gasteiger partial charge >= 0.3 is 5.97 Å². The summed E-state index contributed by atoms with van der Waals surface area (Å²) in [5, 5.41) is 10.6. The summed E-state index contributed by atoms with van der Waals surface area (Å²) >= 11 is 0. The standard InChI is InChI=1S/C17H17N3O3/c1-2-22-16(13-6-4-3-5-7-13)17(21)23-11-12-8-9-14-15(10-12)19-20-18-14/h3-10,16H,2,11H2,1H3,(H,18,19,20). The lowest BCUT2D eigenvalue weighted by atomic mass is 10.1. The van der Waals surface area contributed by atoms with Gasteiger partial charge in [0.05, 0.1) is 0 Å². The predicted octanol–water partition coefficient (Wildman–Crippen LogP) is 2.78. The fourth-order valence-electron chi connectivity index (χ4n) is 2.30. The molecule has 1 N–H and O–H groups in total. The first kappa shape index (κ1) is 15.2. The molecule has 1 atom stereocenters. The molecule has 0 saturated carbocycles. The summed E-state index contributed by atoms with van der Waals surface area (Å²) in [6.45, 7) is 2.44. The van der Waals surface area contributed by atoms with Crippen molar-refractivity contribution in [3.8, 4) is 0 Å². The summed E-state index contributed by atoms with van der Waals surface area (Å²) in [6.07, 6.45) is -0.711. The van der Waals surface area contributed by atoms with Gasteiger partial charge in [0, 0.05) is 6.61 Å². The van der Waals surface area contributed by atoms with Gasteiger partial charge in [0.25, 0.3) is 0 Å². The number of hydrogen-bond donors (Lipinski definition) is 1. The van der Waals surface area contributed by atoms with E-state index in [1.54, 1.807) is 0 Å². The number of aromatic nitrogens is 3. The van der Waals surface area contributed by atoms with Crippen LogP contribution < -0.4 is 0 Å². The van der Waals surface area contributed by atoms with Crippen LogP contribution in [0.3, 0.4) is 0 Å². The Morgan fingerprint density at radius 2 is 1.91 bits per heavy atom. The van der Waals surface area contributed by atoms with Gasteiger partial charge in [-0.05, 0) is 30.2 Å². The predicted molar refractivity (Wildman–Crippen MR) is 84.5 cm³/mol. The highest BCUT2D eigenvalue weighted by molar-refractivity contribution is 5.77. The molecule has 2 aromatic carbocycles. The number of nitrogens with one attached hydrogen (secondary N) is 1. The van der Waals surface area contributed by atoms with Crippen LogP contribution in [0.2, 0.25) is 0 Å². The van der Waals surface area contributed by atoms with Crippen LogP contribution in [-0.4, -0.2) is 28.0 Å². The van der Waals surface area contributed by atoms with Crippen LogP contribution >= 0.6 is 0 Å². The highest BCUT2D eigenvalue weighted by Gasteiger charge is 2.22. The summed E-state index contributed by atoms with van der Waals surface area (Å²) < 4.78 is 10.9. The molecule has 1 aromatic heterocycles. The van der Waals surface area contributed by atoms with E-state index in [0.29, 0.717) is 6.61 Å². The Hall–Kier alpha value is -2.73. The molecule has 0 aliphatic carbocycles. The maximum atomic E-state index is 12.3. The Balaban J connectivity index is 1.69. The molecule has 3 rings (SSSR count). The van der Waals surface area contributed by atoms with Crippen LogP contribution in [-0.2, 0) is 20.9 Å². The van der Waals surface area contributed by atoms with E-state index in [0.717, 1.165) is 22.2 Å². The first-order valence-corrected chi connectivity index (χ1v) is 7.40. The Labute approximate surface area is 133 Å². The van der Waals surface area contributed by atoms with Crippen molar-refractivity contribution in [2.24, 2.45) is 0 Å². The second kappa shape index (κ2) is 7.02. The Kier molecular flexibility index (Phi) is 4.63. The highest BCUT2D eigenvalue weighted by atomic mass is 16.6. The molecule has 0 aliphatic rings. The topological polar surface area (TPSA) is 77.1 Å². The van der Waals surface area contributed by atoms with E-state index >= 15 is 0 Å². The average molecular weight is 311 g/mol. The molecule has 0 fully saturated rings. The second-order valence-corrected chi connectivity index (χ2v) is 5.00. The number of carbonyl (C=O) groups is 1. The van der Waals surface area contributed by atoms with Crippen molar-refractivity contribution in [3.63, 3.8) is 0 Å². The quantitative estimate of drug-likeness (QED) is 0.708. The molecule has 0 spiro atoms. The van der Waals surface area contributed by atoms with Crippen LogP contribution in [0.25, 0.3) is 11.0 Å². The number of nitrogens with zero attached hydrogens (tertiary/aromatic N) is 2. The van der Waals surface area contributed by atoms with E-state index < -0.39 is 12.1 Å². The minimum absolute atomic E-state index is 0.165. The van der Waals surface area contributed by atoms with E-state index in [9.17, 15) is 4.79 Å². The smallest absolute Gasteiger partial charge is 0.340 e. The number of H-pyrrole nitrogens is 1. The van der Waals surface area contributed by atoms with Crippen LogP contribution in [0.4, 0.5) is 0 Å². The van der Waals surface area contributed by atoms with Gasteiger partial charge in [-0.1, -0.05) is 36.4 Å². The zero-order chi connectivity index (χ0) is 16.1. The summed E-state index contributed by atoms with van der Waals surface area (Å²) in [5.41, 5.74) is 3.15. The number of carbonyl (C=O) groups excluding carboxylic acids is 1. The van der Waals surface area contributed by atoms with Crippen molar-refractivity contribution < 1.29 is 14.3 Å². The zero-order valence-corrected chi connectivity index (χ0v) is 12.7. The molecule has 6 heteroatoms. The zero-order valence-electron chi connectivity index (χ0n) is 12.7. The summed E-state index contributed by atoms with van der Waals surface area (Å²) in [7, 11) is 0. The summed E-state index contributed by atoms with van der Waals surface area (Å²) in [6, 6.07) is 14.9. The van der Waals surface area contributed by atoms with Crippen molar-refractivity contribution in [1.82, 2.24) is 15.4 Å². The van der Waals surface area contributed by atoms with E-state index in [4.69, 9.17) is 9.47 Å². The fourth-order valence-corrected chi connectivity index (χ4v) is 2.30. The lowest BCUT2D eigenvalue weighted by Crippen LogP contribution is -2.19. The first-order valence-electron chi connectivity index (χ1n) is 7.40. The largest absolute Gasteiger partial charge is 0.459 e. The third-order valence-electron chi connectivity index (χ3n) is 3.41. The summed E-state index contributed by atoms with van der Waals surface area (Å²) in [4.78, 5) is 12.3. The van der Waals surface area contributed by atoms with Crippen LogP contribution in [0, 0.1) is 0 Å². The van der Waals surface area contributed by atoms with Gasteiger partial charge < -0.3 is 9.47 Å². The molecule has 23 heavy (non-hydrogen) atoms. The Morgan fingerprint density at radius 1 is 1.13 bits per heavy atom. The molecule has 0 saturated heterocycles. The van der Waals surface area contributed by atoms with Gasteiger partial charge in [-0.25, -0.2) is 4.79 Å². The minimum atomic E-state index is -0.711. The minimum Gasteiger partial charge on any atom is -0.459 e. The lowest BCUT2D eigenvalue weighted by molar-refractivity contribution is -0.158. The molecule has 0 aliphatic heterocycles. The van der Waals surface area contributed by atoms with Gasteiger partial charge in [0.15, 0.2) is 6.10 Å². The molecular weight excluding hydrogens is 294 g/mol. The van der Waals surface area contributed by atoms with Gasteiger partial charge in [-0.2, -0.15) is 15.4 Å². The molecule has 6 nitrogen and oxygen atoms in total. The molecule has 3 aromatic rings. The Bertz CT molecular complexity index is 786. The van der Waals surface area contributed by atoms with Crippen molar-refractivity contribution >= 4 is 17.0 Å². The monoisotopic (exact) mass is 311 g/mol. The molecule has 118 valence electrons. The SMILES string of the molecule is CCOC(C(=O)OCc1ccc2n[nH]nc2c1)c1ccccc1. The maximum Gasteiger partial charge on any atom is 0.340 e. The van der Waals surface area contributed by atoms with Crippen LogP contribution in [0.15, 0.2) is 48.5 Å². The highest BCUT2D eigenvalue weighted by Crippen LogP contribution is 2.20. The molecule has 0 radical (unpaired) electrons. The van der Waals surface area contributed by atoms with Gasteiger partial charge in [0.1, 0.15) is 17.6 Å². The molecule has 1 unspecified atom stereocenters. The lowest BCUT2D eigenvalue weighted by Gasteiger charge is -2.16. The van der Waals surface area contributed by atoms with Gasteiger partial charge in [0.2, 0.25) is 0 Å². The van der Waals surface area contributed by atoms with E-state index in [-0.39, 0.29) is 6.61 Å².